The van der Waals surface area contributed by atoms with Crippen LogP contribution in [0.25, 0.3) is 10.9 Å². The number of hydrogen-bond donors (Lipinski definition) is 0. The van der Waals surface area contributed by atoms with Crippen LogP contribution in [-0.4, -0.2) is 77.9 Å². The van der Waals surface area contributed by atoms with Gasteiger partial charge in [0, 0.05) is 44.2 Å². The summed E-state index contributed by atoms with van der Waals surface area (Å²) in [4.78, 5) is 34.7. The van der Waals surface area contributed by atoms with Crippen molar-refractivity contribution in [1.29, 1.82) is 0 Å². The molecule has 26 heavy (non-hydrogen) atoms. The van der Waals surface area contributed by atoms with Gasteiger partial charge in [-0.15, -0.1) is 0 Å². The maximum atomic E-state index is 12.5. The summed E-state index contributed by atoms with van der Waals surface area (Å²) < 4.78 is 5.48. The summed E-state index contributed by atoms with van der Waals surface area (Å²) in [6.45, 7) is 2.65. The highest BCUT2D eigenvalue weighted by Crippen LogP contribution is 2.25. The van der Waals surface area contributed by atoms with Gasteiger partial charge in [0.25, 0.3) is 0 Å². The quantitative estimate of drug-likeness (QED) is 0.813. The smallest absolute Gasteiger partial charge is 0.246 e. The lowest BCUT2D eigenvalue weighted by molar-refractivity contribution is -0.158. The molecule has 2 aliphatic rings. The Morgan fingerprint density at radius 2 is 2.04 bits per heavy atom. The molecule has 2 aliphatic heterocycles. The van der Waals surface area contributed by atoms with Crippen LogP contribution in [0.2, 0.25) is 0 Å². The summed E-state index contributed by atoms with van der Waals surface area (Å²) in [5, 5.41) is 1.06. The molecular weight excluding hydrogens is 332 g/mol. The molecule has 7 heteroatoms. The molecule has 0 N–H and O–H groups in total. The van der Waals surface area contributed by atoms with Gasteiger partial charge in [-0.05, 0) is 12.1 Å². The molecule has 136 valence electrons. The monoisotopic (exact) mass is 354 g/mol. The Morgan fingerprint density at radius 3 is 2.85 bits per heavy atom. The fraction of sp³-hybridized carbons (Fsp3) is 0.421. The molecule has 1 aromatic heterocycles. The number of para-hydroxylation sites is 1. The van der Waals surface area contributed by atoms with E-state index in [1.807, 2.05) is 24.3 Å². The van der Waals surface area contributed by atoms with Crippen molar-refractivity contribution >= 4 is 22.7 Å². The zero-order chi connectivity index (χ0) is 18.3. The van der Waals surface area contributed by atoms with Crippen LogP contribution in [0.5, 0.6) is 5.88 Å². The third kappa shape index (κ3) is 2.88. The molecule has 1 atom stereocenters. The van der Waals surface area contributed by atoms with E-state index in [0.29, 0.717) is 25.5 Å². The summed E-state index contributed by atoms with van der Waals surface area (Å²) in [5.41, 5.74) is 1.88. The van der Waals surface area contributed by atoms with E-state index in [4.69, 9.17) is 4.74 Å². The topological polar surface area (TPSA) is 66.0 Å². The molecule has 2 aromatic rings. The number of carbonyl (C=O) groups is 2. The normalized spacial score (nSPS) is 21.2. The van der Waals surface area contributed by atoms with E-state index in [1.54, 1.807) is 19.1 Å². The lowest BCUT2D eigenvalue weighted by atomic mass is 10.1. The van der Waals surface area contributed by atoms with Crippen LogP contribution < -0.4 is 4.74 Å². The fourth-order valence-electron chi connectivity index (χ4n) is 3.79. The van der Waals surface area contributed by atoms with Gasteiger partial charge in [0.2, 0.25) is 17.7 Å². The van der Waals surface area contributed by atoms with E-state index in [0.717, 1.165) is 23.0 Å². The van der Waals surface area contributed by atoms with Gasteiger partial charge >= 0.3 is 0 Å². The van der Waals surface area contributed by atoms with Gasteiger partial charge in [0.05, 0.1) is 19.2 Å². The molecule has 7 nitrogen and oxygen atoms in total. The Bertz CT molecular complexity index is 869. The first-order valence-corrected chi connectivity index (χ1v) is 8.76. The number of amides is 2. The van der Waals surface area contributed by atoms with Gasteiger partial charge in [0.15, 0.2) is 0 Å². The van der Waals surface area contributed by atoms with Crippen LogP contribution in [0.15, 0.2) is 30.3 Å². The first kappa shape index (κ1) is 16.8. The fourth-order valence-corrected chi connectivity index (χ4v) is 3.79. The molecule has 0 bridgehead atoms. The van der Waals surface area contributed by atoms with Gasteiger partial charge in [-0.3, -0.25) is 14.5 Å². The predicted molar refractivity (Wildman–Crippen MR) is 96.7 cm³/mol. The SMILES string of the molecule is COc1nc2ccccc2cc1CN1CCN2C(=O)CN(C)C(=O)[C@H]2C1. The second-order valence-corrected chi connectivity index (χ2v) is 6.88. The maximum Gasteiger partial charge on any atom is 0.246 e. The molecule has 2 amide bonds. The number of rotatable bonds is 3. The molecule has 0 radical (unpaired) electrons. The minimum atomic E-state index is -0.394. The highest BCUT2D eigenvalue weighted by molar-refractivity contribution is 5.95. The van der Waals surface area contributed by atoms with E-state index >= 15 is 0 Å². The largest absolute Gasteiger partial charge is 0.481 e. The minimum absolute atomic E-state index is 0.0119. The Labute approximate surface area is 152 Å². The number of carbonyl (C=O) groups excluding carboxylic acids is 2. The highest BCUT2D eigenvalue weighted by Gasteiger charge is 2.41. The molecule has 4 rings (SSSR count). The molecule has 2 fully saturated rings. The van der Waals surface area contributed by atoms with Crippen LogP contribution in [-0.2, 0) is 16.1 Å². The van der Waals surface area contributed by atoms with Gasteiger partial charge in [0.1, 0.15) is 6.04 Å². The van der Waals surface area contributed by atoms with E-state index in [2.05, 4.69) is 16.0 Å². The molecule has 1 aromatic carbocycles. The minimum Gasteiger partial charge on any atom is -0.481 e. The van der Waals surface area contributed by atoms with E-state index in [9.17, 15) is 9.59 Å². The zero-order valence-corrected chi connectivity index (χ0v) is 15.0. The van der Waals surface area contributed by atoms with Crippen molar-refractivity contribution in [2.24, 2.45) is 0 Å². The number of methoxy groups -OCH3 is 1. The Hall–Kier alpha value is -2.67. The molecule has 2 saturated heterocycles. The zero-order valence-electron chi connectivity index (χ0n) is 15.0. The molecule has 0 spiro atoms. The second kappa shape index (κ2) is 6.57. The average molecular weight is 354 g/mol. The van der Waals surface area contributed by atoms with Gasteiger partial charge < -0.3 is 14.5 Å². The van der Waals surface area contributed by atoms with Crippen molar-refractivity contribution in [2.45, 2.75) is 12.6 Å². The molecule has 0 aliphatic carbocycles. The maximum absolute atomic E-state index is 12.5. The number of hydrogen-bond acceptors (Lipinski definition) is 5. The first-order valence-electron chi connectivity index (χ1n) is 8.76. The number of nitrogens with zero attached hydrogens (tertiary/aromatic N) is 4. The first-order chi connectivity index (χ1) is 12.6. The molecule has 0 unspecified atom stereocenters. The van der Waals surface area contributed by atoms with Crippen molar-refractivity contribution in [3.63, 3.8) is 0 Å². The van der Waals surface area contributed by atoms with Crippen molar-refractivity contribution in [1.82, 2.24) is 19.7 Å². The van der Waals surface area contributed by atoms with Crippen molar-refractivity contribution in [3.05, 3.63) is 35.9 Å². The lowest BCUT2D eigenvalue weighted by Gasteiger charge is -2.45. The van der Waals surface area contributed by atoms with E-state index < -0.39 is 6.04 Å². The Balaban J connectivity index is 1.57. The summed E-state index contributed by atoms with van der Waals surface area (Å²) >= 11 is 0. The number of aromatic nitrogens is 1. The van der Waals surface area contributed by atoms with Crippen LogP contribution >= 0.6 is 0 Å². The van der Waals surface area contributed by atoms with E-state index in [-0.39, 0.29) is 18.4 Å². The summed E-state index contributed by atoms with van der Waals surface area (Å²) in [6.07, 6.45) is 0. The van der Waals surface area contributed by atoms with Gasteiger partial charge in [-0.25, -0.2) is 4.98 Å². The number of benzene rings is 1. The number of ether oxygens (including phenoxy) is 1. The standard InChI is InChI=1S/C19H22N4O3/c1-21-12-17(24)23-8-7-22(11-16(23)19(21)25)10-14-9-13-5-3-4-6-15(13)20-18(14)26-2/h3-6,9,16H,7-8,10-12H2,1-2H3/t16-/m1/s1. The summed E-state index contributed by atoms with van der Waals surface area (Å²) in [7, 11) is 3.31. The molecule has 3 heterocycles. The average Bonchev–Trinajstić information content (AvgIpc) is 2.65. The third-order valence-electron chi connectivity index (χ3n) is 5.17. The van der Waals surface area contributed by atoms with Crippen LogP contribution in [0, 0.1) is 0 Å². The number of pyridine rings is 1. The molecular formula is C19H22N4O3. The number of likely N-dealkylation sites (N-methyl/N-ethyl adjacent to an activating group) is 1. The molecule has 0 saturated carbocycles. The van der Waals surface area contributed by atoms with Gasteiger partial charge in [-0.1, -0.05) is 18.2 Å². The van der Waals surface area contributed by atoms with E-state index in [1.165, 1.54) is 4.90 Å². The predicted octanol–water partition coefficient (Wildman–Crippen LogP) is 0.728. The number of piperazine rings is 2. The van der Waals surface area contributed by atoms with Crippen LogP contribution in [0.1, 0.15) is 5.56 Å². The summed E-state index contributed by atoms with van der Waals surface area (Å²) in [5.74, 6) is 0.647. The van der Waals surface area contributed by atoms with Crippen LogP contribution in [0.3, 0.4) is 0 Å². The Morgan fingerprint density at radius 1 is 1.23 bits per heavy atom. The third-order valence-corrected chi connectivity index (χ3v) is 5.17. The van der Waals surface area contributed by atoms with Crippen molar-refractivity contribution < 1.29 is 14.3 Å². The highest BCUT2D eigenvalue weighted by atomic mass is 16.5. The second-order valence-electron chi connectivity index (χ2n) is 6.88. The summed E-state index contributed by atoms with van der Waals surface area (Å²) in [6, 6.07) is 9.63. The van der Waals surface area contributed by atoms with Gasteiger partial charge in [-0.2, -0.15) is 0 Å². The van der Waals surface area contributed by atoms with Crippen molar-refractivity contribution in [2.75, 3.05) is 40.3 Å². The van der Waals surface area contributed by atoms with Crippen molar-refractivity contribution in [3.8, 4) is 5.88 Å². The Kier molecular flexibility index (Phi) is 4.24. The number of fused-ring (bicyclic) bond motifs is 2. The lowest BCUT2D eigenvalue weighted by Crippen LogP contribution is -2.65. The van der Waals surface area contributed by atoms with Crippen LogP contribution in [0.4, 0.5) is 0 Å².